The first-order valence-electron chi connectivity index (χ1n) is 10.1. The molecule has 2 heterocycles. The lowest BCUT2D eigenvalue weighted by Crippen LogP contribution is -2.51. The number of amides is 2. The maximum Gasteiger partial charge on any atom is 0.225 e. The van der Waals surface area contributed by atoms with E-state index in [1.54, 1.807) is 0 Å². The van der Waals surface area contributed by atoms with Gasteiger partial charge in [0.05, 0.1) is 0 Å². The molecule has 2 aliphatic heterocycles. The Bertz CT molecular complexity index is 460. The Labute approximate surface area is 152 Å². The van der Waals surface area contributed by atoms with Gasteiger partial charge in [-0.3, -0.25) is 9.59 Å². The molecule has 0 aromatic rings. The number of hydrogen-bond acceptors (Lipinski definition) is 4. The number of nitrogens with zero attached hydrogens (tertiary/aromatic N) is 4. The predicted molar refractivity (Wildman–Crippen MR) is 98.2 cm³/mol. The van der Waals surface area contributed by atoms with Crippen LogP contribution in [0.1, 0.15) is 32.6 Å². The van der Waals surface area contributed by atoms with Crippen molar-refractivity contribution in [3.8, 4) is 0 Å². The molecule has 1 aliphatic carbocycles. The quantitative estimate of drug-likeness (QED) is 0.753. The van der Waals surface area contributed by atoms with Crippen molar-refractivity contribution in [2.24, 2.45) is 11.8 Å². The zero-order valence-corrected chi connectivity index (χ0v) is 16.0. The Kier molecular flexibility index (Phi) is 6.34. The van der Waals surface area contributed by atoms with Crippen LogP contribution in [-0.4, -0.2) is 97.4 Å². The fourth-order valence-corrected chi connectivity index (χ4v) is 4.42. The number of rotatable bonds is 3. The highest BCUT2D eigenvalue weighted by atomic mass is 16.2. The summed E-state index contributed by atoms with van der Waals surface area (Å²) in [6.45, 7) is 10.6. The van der Waals surface area contributed by atoms with Crippen LogP contribution >= 0.6 is 0 Å². The Balaban J connectivity index is 1.44. The van der Waals surface area contributed by atoms with Gasteiger partial charge in [0.25, 0.3) is 0 Å². The van der Waals surface area contributed by atoms with Gasteiger partial charge in [0.2, 0.25) is 11.8 Å². The van der Waals surface area contributed by atoms with Gasteiger partial charge in [-0.2, -0.15) is 0 Å². The lowest BCUT2D eigenvalue weighted by Gasteiger charge is -2.39. The summed E-state index contributed by atoms with van der Waals surface area (Å²) in [7, 11) is 2.11. The first-order chi connectivity index (χ1) is 12.1. The molecule has 3 rings (SSSR count). The van der Waals surface area contributed by atoms with Crippen LogP contribution in [0, 0.1) is 11.8 Å². The molecule has 0 aromatic carbocycles. The van der Waals surface area contributed by atoms with Crippen LogP contribution < -0.4 is 0 Å². The molecule has 0 aromatic heterocycles. The number of carbonyl (C=O) groups excluding carboxylic acids is 2. The fourth-order valence-electron chi connectivity index (χ4n) is 4.42. The maximum absolute atomic E-state index is 12.8. The molecule has 0 N–H and O–H groups in total. The first kappa shape index (κ1) is 18.6. The molecule has 142 valence electrons. The third kappa shape index (κ3) is 4.53. The molecule has 6 nitrogen and oxygen atoms in total. The largest absolute Gasteiger partial charge is 0.340 e. The molecule has 3 fully saturated rings. The number of likely N-dealkylation sites (N-methyl/N-ethyl adjacent to an activating group) is 2. The van der Waals surface area contributed by atoms with E-state index in [1.807, 2.05) is 4.90 Å². The van der Waals surface area contributed by atoms with Crippen molar-refractivity contribution in [3.05, 3.63) is 0 Å². The van der Waals surface area contributed by atoms with Crippen molar-refractivity contribution in [1.82, 2.24) is 19.6 Å². The molecule has 0 spiro atoms. The smallest absolute Gasteiger partial charge is 0.225 e. The van der Waals surface area contributed by atoms with Gasteiger partial charge in [-0.1, -0.05) is 6.92 Å². The predicted octanol–water partition coefficient (Wildman–Crippen LogP) is 0.731. The molecule has 2 amide bonds. The highest BCUT2D eigenvalue weighted by Gasteiger charge is 2.35. The summed E-state index contributed by atoms with van der Waals surface area (Å²) in [6, 6.07) is 0. The third-order valence-electron chi connectivity index (χ3n) is 6.37. The molecule has 0 unspecified atom stereocenters. The van der Waals surface area contributed by atoms with Gasteiger partial charge < -0.3 is 19.6 Å². The van der Waals surface area contributed by atoms with E-state index >= 15 is 0 Å². The Morgan fingerprint density at radius 1 is 0.720 bits per heavy atom. The van der Waals surface area contributed by atoms with Gasteiger partial charge in [-0.05, 0) is 39.3 Å². The van der Waals surface area contributed by atoms with Gasteiger partial charge in [-0.25, -0.2) is 0 Å². The lowest BCUT2D eigenvalue weighted by atomic mass is 9.80. The minimum absolute atomic E-state index is 0.143. The SMILES string of the molecule is CCN1CCN(C(=O)C2CCC(C(=O)N3CCN(C)CC3)CC2)CC1. The van der Waals surface area contributed by atoms with E-state index in [-0.39, 0.29) is 11.8 Å². The molecule has 2 saturated heterocycles. The Morgan fingerprint density at radius 2 is 1.12 bits per heavy atom. The summed E-state index contributed by atoms with van der Waals surface area (Å²) in [5.41, 5.74) is 0. The second-order valence-corrected chi connectivity index (χ2v) is 7.94. The average molecular weight is 351 g/mol. The minimum atomic E-state index is 0.143. The van der Waals surface area contributed by atoms with E-state index in [0.29, 0.717) is 11.8 Å². The van der Waals surface area contributed by atoms with Crippen molar-refractivity contribution < 1.29 is 9.59 Å². The maximum atomic E-state index is 12.8. The van der Waals surface area contributed by atoms with Crippen molar-refractivity contribution >= 4 is 11.8 Å². The normalized spacial score (nSPS) is 29.7. The zero-order chi connectivity index (χ0) is 17.8. The van der Waals surface area contributed by atoms with Gasteiger partial charge >= 0.3 is 0 Å². The highest BCUT2D eigenvalue weighted by molar-refractivity contribution is 5.81. The summed E-state index contributed by atoms with van der Waals surface area (Å²) in [6.07, 6.45) is 3.54. The summed E-state index contributed by atoms with van der Waals surface area (Å²) < 4.78 is 0. The van der Waals surface area contributed by atoms with E-state index in [2.05, 4.69) is 28.7 Å². The van der Waals surface area contributed by atoms with Crippen LogP contribution in [-0.2, 0) is 9.59 Å². The Hall–Kier alpha value is -1.14. The number of carbonyl (C=O) groups is 2. The van der Waals surface area contributed by atoms with E-state index in [9.17, 15) is 9.59 Å². The standard InChI is InChI=1S/C19H34N4O2/c1-3-21-10-14-23(15-11-21)19(25)17-6-4-16(5-7-17)18(24)22-12-8-20(2)9-13-22/h16-17H,3-15H2,1-2H3. The molecule has 25 heavy (non-hydrogen) atoms. The molecule has 3 aliphatic rings. The van der Waals surface area contributed by atoms with Crippen LogP contribution in [0.2, 0.25) is 0 Å². The van der Waals surface area contributed by atoms with Crippen LogP contribution in [0.4, 0.5) is 0 Å². The van der Waals surface area contributed by atoms with Crippen LogP contribution in [0.3, 0.4) is 0 Å². The van der Waals surface area contributed by atoms with Gasteiger partial charge in [-0.15, -0.1) is 0 Å². The van der Waals surface area contributed by atoms with E-state index in [1.165, 1.54) is 0 Å². The van der Waals surface area contributed by atoms with Gasteiger partial charge in [0, 0.05) is 64.2 Å². The van der Waals surface area contributed by atoms with Gasteiger partial charge in [0.15, 0.2) is 0 Å². The van der Waals surface area contributed by atoms with E-state index in [0.717, 1.165) is 84.6 Å². The van der Waals surface area contributed by atoms with Gasteiger partial charge in [0.1, 0.15) is 0 Å². The van der Waals surface area contributed by atoms with Crippen molar-refractivity contribution in [2.75, 3.05) is 66.0 Å². The Morgan fingerprint density at radius 3 is 1.52 bits per heavy atom. The molecule has 0 radical (unpaired) electrons. The highest BCUT2D eigenvalue weighted by Crippen LogP contribution is 2.31. The minimum Gasteiger partial charge on any atom is -0.340 e. The van der Waals surface area contributed by atoms with Crippen molar-refractivity contribution in [2.45, 2.75) is 32.6 Å². The van der Waals surface area contributed by atoms with Crippen LogP contribution in [0.5, 0.6) is 0 Å². The first-order valence-corrected chi connectivity index (χ1v) is 10.1. The van der Waals surface area contributed by atoms with Crippen LogP contribution in [0.15, 0.2) is 0 Å². The number of hydrogen-bond donors (Lipinski definition) is 0. The number of piperazine rings is 2. The second-order valence-electron chi connectivity index (χ2n) is 7.94. The monoisotopic (exact) mass is 350 g/mol. The summed E-state index contributed by atoms with van der Waals surface area (Å²) >= 11 is 0. The zero-order valence-electron chi connectivity index (χ0n) is 16.0. The molecule has 0 bridgehead atoms. The molecular formula is C19H34N4O2. The lowest BCUT2D eigenvalue weighted by molar-refractivity contribution is -0.143. The molecule has 6 heteroatoms. The molecule has 1 saturated carbocycles. The van der Waals surface area contributed by atoms with Crippen molar-refractivity contribution in [1.29, 1.82) is 0 Å². The molecule has 0 atom stereocenters. The molecular weight excluding hydrogens is 316 g/mol. The van der Waals surface area contributed by atoms with E-state index in [4.69, 9.17) is 0 Å². The van der Waals surface area contributed by atoms with Crippen LogP contribution in [0.25, 0.3) is 0 Å². The topological polar surface area (TPSA) is 47.1 Å². The second kappa shape index (κ2) is 8.49. The summed E-state index contributed by atoms with van der Waals surface area (Å²) in [4.78, 5) is 34.2. The third-order valence-corrected chi connectivity index (χ3v) is 6.37. The van der Waals surface area contributed by atoms with E-state index < -0.39 is 0 Å². The summed E-state index contributed by atoms with van der Waals surface area (Å²) in [5.74, 6) is 0.950. The fraction of sp³-hybridized carbons (Fsp3) is 0.895. The average Bonchev–Trinajstić information content (AvgIpc) is 2.67. The van der Waals surface area contributed by atoms with Crippen molar-refractivity contribution in [3.63, 3.8) is 0 Å². The summed E-state index contributed by atoms with van der Waals surface area (Å²) in [5, 5.41) is 0.